The van der Waals surface area contributed by atoms with Crippen LogP contribution in [0.25, 0.3) is 0 Å². The van der Waals surface area contributed by atoms with Crippen LogP contribution < -0.4 is 44.9 Å². The summed E-state index contributed by atoms with van der Waals surface area (Å²) < 4.78 is 27.3. The predicted molar refractivity (Wildman–Crippen MR) is 191 cm³/mol. The minimum Gasteiger partial charge on any atom is -0.490 e. The van der Waals surface area contributed by atoms with Crippen molar-refractivity contribution in [2.45, 2.75) is 13.8 Å². The highest BCUT2D eigenvalue weighted by atomic mass is 16.5. The number of nitrogens with zero attached hydrogens (tertiary/aromatic N) is 4. The van der Waals surface area contributed by atoms with E-state index in [9.17, 15) is 9.59 Å². The Kier molecular flexibility index (Phi) is 11.1. The molecule has 0 spiro atoms. The minimum atomic E-state index is 0.0140. The van der Waals surface area contributed by atoms with Crippen LogP contribution in [0.1, 0.15) is 13.8 Å². The molecular formula is C36H46N6O7. The fourth-order valence-electron chi connectivity index (χ4n) is 6.26. The van der Waals surface area contributed by atoms with Crippen LogP contribution in [0.2, 0.25) is 0 Å². The van der Waals surface area contributed by atoms with Gasteiger partial charge in [0.1, 0.15) is 37.1 Å². The zero-order chi connectivity index (χ0) is 34.2. The van der Waals surface area contributed by atoms with E-state index in [4.69, 9.17) is 29.4 Å². The molecule has 5 aliphatic heterocycles. The third kappa shape index (κ3) is 8.41. The van der Waals surface area contributed by atoms with Crippen molar-refractivity contribution in [3.05, 3.63) is 54.6 Å². The molecule has 2 fully saturated rings. The van der Waals surface area contributed by atoms with Crippen LogP contribution in [-0.4, -0.2) is 104 Å². The van der Waals surface area contributed by atoms with Crippen molar-refractivity contribution in [2.24, 2.45) is 0 Å². The molecule has 13 heteroatoms. The molecule has 0 unspecified atom stereocenters. The van der Waals surface area contributed by atoms with Gasteiger partial charge < -0.3 is 54.3 Å². The van der Waals surface area contributed by atoms with Crippen LogP contribution in [-0.2, 0) is 19.1 Å². The van der Waals surface area contributed by atoms with Gasteiger partial charge in [0, 0.05) is 63.6 Å². The summed E-state index contributed by atoms with van der Waals surface area (Å²) >= 11 is 0. The van der Waals surface area contributed by atoms with Crippen LogP contribution >= 0.6 is 0 Å². The molecule has 0 atom stereocenters. The Morgan fingerprint density at radius 3 is 1.65 bits per heavy atom. The molecule has 0 radical (unpaired) electrons. The summed E-state index contributed by atoms with van der Waals surface area (Å²) in [6.07, 6.45) is 0. The fraction of sp³-hybridized carbons (Fsp3) is 0.444. The molecule has 3 N–H and O–H groups in total. The lowest BCUT2D eigenvalue weighted by atomic mass is 10.2. The minimum absolute atomic E-state index is 0.0140. The molecule has 5 aliphatic rings. The number of fused-ring (bicyclic) bond motifs is 3. The third-order valence-corrected chi connectivity index (χ3v) is 8.80. The maximum absolute atomic E-state index is 11.7. The van der Waals surface area contributed by atoms with E-state index in [1.54, 1.807) is 34.9 Å². The SMILES string of the molecule is CC(=O)N1CCOc2ccc(N)cc21.CC(=O)N1CCOc2ccc(N3CCOCC3)cc21.c1cc2c(cc1N1CCOCC1)NCCO2. The molecule has 13 nitrogen and oxygen atoms in total. The summed E-state index contributed by atoms with van der Waals surface area (Å²) in [7, 11) is 0. The van der Waals surface area contributed by atoms with Gasteiger partial charge in [0.25, 0.3) is 0 Å². The summed E-state index contributed by atoms with van der Waals surface area (Å²) in [6, 6.07) is 17.7. The Bertz CT molecular complexity index is 1610. The molecule has 49 heavy (non-hydrogen) atoms. The molecule has 2 saturated heterocycles. The first kappa shape index (κ1) is 34.0. The van der Waals surface area contributed by atoms with Crippen LogP contribution in [0, 0.1) is 0 Å². The number of ether oxygens (including phenoxy) is 5. The van der Waals surface area contributed by atoms with E-state index in [0.717, 1.165) is 106 Å². The van der Waals surface area contributed by atoms with Crippen molar-refractivity contribution < 1.29 is 33.3 Å². The highest BCUT2D eigenvalue weighted by Crippen LogP contribution is 2.36. The Morgan fingerprint density at radius 2 is 1.08 bits per heavy atom. The van der Waals surface area contributed by atoms with Gasteiger partial charge in [0.2, 0.25) is 11.8 Å². The summed E-state index contributed by atoms with van der Waals surface area (Å²) in [4.78, 5) is 31.1. The van der Waals surface area contributed by atoms with Crippen molar-refractivity contribution in [3.8, 4) is 17.2 Å². The molecule has 262 valence electrons. The van der Waals surface area contributed by atoms with Gasteiger partial charge in [-0.25, -0.2) is 0 Å². The lowest BCUT2D eigenvalue weighted by Gasteiger charge is -2.32. The Morgan fingerprint density at radius 1 is 0.592 bits per heavy atom. The number of rotatable bonds is 2. The highest BCUT2D eigenvalue weighted by Gasteiger charge is 2.24. The van der Waals surface area contributed by atoms with Gasteiger partial charge in [-0.15, -0.1) is 0 Å². The molecule has 0 saturated carbocycles. The Hall–Kier alpha value is -4.88. The lowest BCUT2D eigenvalue weighted by Crippen LogP contribution is -2.38. The quantitative estimate of drug-likeness (QED) is 0.387. The van der Waals surface area contributed by atoms with Crippen LogP contribution in [0.5, 0.6) is 17.2 Å². The first-order chi connectivity index (χ1) is 23.9. The van der Waals surface area contributed by atoms with E-state index in [1.165, 1.54) is 12.6 Å². The van der Waals surface area contributed by atoms with Crippen molar-refractivity contribution in [2.75, 3.05) is 123 Å². The number of amides is 2. The largest absolute Gasteiger partial charge is 0.490 e. The van der Waals surface area contributed by atoms with Gasteiger partial charge in [0.05, 0.1) is 56.6 Å². The number of nitrogens with two attached hydrogens (primary N) is 1. The van der Waals surface area contributed by atoms with Gasteiger partial charge in [-0.3, -0.25) is 9.59 Å². The van der Waals surface area contributed by atoms with Crippen molar-refractivity contribution in [1.29, 1.82) is 0 Å². The molecular weight excluding hydrogens is 628 g/mol. The van der Waals surface area contributed by atoms with E-state index >= 15 is 0 Å². The van der Waals surface area contributed by atoms with Gasteiger partial charge in [-0.05, 0) is 54.6 Å². The fourth-order valence-corrected chi connectivity index (χ4v) is 6.26. The van der Waals surface area contributed by atoms with Crippen LogP contribution in [0.3, 0.4) is 0 Å². The van der Waals surface area contributed by atoms with E-state index in [1.807, 2.05) is 24.3 Å². The number of nitrogens with one attached hydrogen (secondary N) is 1. The number of morpholine rings is 2. The molecule has 5 heterocycles. The maximum atomic E-state index is 11.7. The molecule has 0 aromatic heterocycles. The summed E-state index contributed by atoms with van der Waals surface area (Å²) in [6.45, 7) is 14.0. The van der Waals surface area contributed by atoms with E-state index in [-0.39, 0.29) is 11.8 Å². The second-order valence-electron chi connectivity index (χ2n) is 12.1. The smallest absolute Gasteiger partial charge is 0.224 e. The predicted octanol–water partition coefficient (Wildman–Crippen LogP) is 3.61. The second-order valence-corrected chi connectivity index (χ2v) is 12.1. The number of carbonyl (C=O) groups excluding carboxylic acids is 2. The van der Waals surface area contributed by atoms with E-state index in [0.29, 0.717) is 32.0 Å². The van der Waals surface area contributed by atoms with Crippen LogP contribution in [0.15, 0.2) is 54.6 Å². The summed E-state index contributed by atoms with van der Waals surface area (Å²) in [5.74, 6) is 2.55. The van der Waals surface area contributed by atoms with Gasteiger partial charge in [0.15, 0.2) is 0 Å². The number of hydrogen-bond donors (Lipinski definition) is 2. The number of hydrogen-bond acceptors (Lipinski definition) is 11. The van der Waals surface area contributed by atoms with E-state index < -0.39 is 0 Å². The first-order valence-electron chi connectivity index (χ1n) is 16.9. The molecule has 8 rings (SSSR count). The highest BCUT2D eigenvalue weighted by molar-refractivity contribution is 5.95. The topological polar surface area (TPSA) is 131 Å². The maximum Gasteiger partial charge on any atom is 0.224 e. The molecule has 3 aromatic carbocycles. The molecule has 0 aliphatic carbocycles. The monoisotopic (exact) mass is 674 g/mol. The molecule has 3 aromatic rings. The van der Waals surface area contributed by atoms with Crippen molar-refractivity contribution in [3.63, 3.8) is 0 Å². The number of benzene rings is 3. The zero-order valence-electron chi connectivity index (χ0n) is 28.3. The normalized spacial score (nSPS) is 17.8. The third-order valence-electron chi connectivity index (χ3n) is 8.80. The van der Waals surface area contributed by atoms with Gasteiger partial charge >= 0.3 is 0 Å². The first-order valence-corrected chi connectivity index (χ1v) is 16.9. The van der Waals surface area contributed by atoms with Gasteiger partial charge in [-0.1, -0.05) is 0 Å². The molecule has 0 bridgehead atoms. The Labute approximate surface area is 287 Å². The Balaban J connectivity index is 0.000000129. The number of nitrogen functional groups attached to an aromatic ring is 1. The summed E-state index contributed by atoms with van der Waals surface area (Å²) in [5.41, 5.74) is 11.4. The standard InChI is InChI=1S/C14H18N2O3.C12H16N2O2.C10H12N2O2/c1-11(17)16-6-9-19-14-3-2-12(10-13(14)16)15-4-7-18-8-5-15;1-2-12-11(13-3-6-16-12)9-10(1)14-4-7-15-8-5-14;1-7(13)12-4-5-14-10-3-2-8(11)6-9(10)12/h2-3,10H,4-9H2,1H3;1-2,9,13H,3-8H2;2-3,6H,4-5,11H2,1H3. The van der Waals surface area contributed by atoms with E-state index in [2.05, 4.69) is 27.2 Å². The van der Waals surface area contributed by atoms with Crippen molar-refractivity contribution >= 4 is 45.9 Å². The average molecular weight is 675 g/mol. The second kappa shape index (κ2) is 16.0. The van der Waals surface area contributed by atoms with Crippen LogP contribution in [0.4, 0.5) is 34.1 Å². The van der Waals surface area contributed by atoms with Crippen molar-refractivity contribution in [1.82, 2.24) is 0 Å². The average Bonchev–Trinajstić information content (AvgIpc) is 3.15. The molecule has 2 amide bonds. The number of carbonyl (C=O) groups is 2. The number of anilines is 6. The summed E-state index contributed by atoms with van der Waals surface area (Å²) in [5, 5.41) is 3.36. The zero-order valence-corrected chi connectivity index (χ0v) is 28.3. The van der Waals surface area contributed by atoms with Gasteiger partial charge in [-0.2, -0.15) is 0 Å². The lowest BCUT2D eigenvalue weighted by molar-refractivity contribution is -0.117.